The lowest BCUT2D eigenvalue weighted by molar-refractivity contribution is 0.473. The second-order valence-corrected chi connectivity index (χ2v) is 5.24. The lowest BCUT2D eigenvalue weighted by Gasteiger charge is -2.09. The van der Waals surface area contributed by atoms with Gasteiger partial charge in [-0.1, -0.05) is 0 Å². The van der Waals surface area contributed by atoms with Crippen LogP contribution in [0, 0.1) is 6.57 Å². The van der Waals surface area contributed by atoms with Crippen LogP contribution in [0.3, 0.4) is 0 Å². The zero-order chi connectivity index (χ0) is 10.5. The van der Waals surface area contributed by atoms with Crippen LogP contribution in [-0.4, -0.2) is 24.3 Å². The second kappa shape index (κ2) is 4.58. The van der Waals surface area contributed by atoms with Gasteiger partial charge in [-0.05, 0) is 12.8 Å². The van der Waals surface area contributed by atoms with Crippen molar-refractivity contribution in [1.29, 1.82) is 0 Å². The molecule has 0 aromatic rings. The Kier molecular flexibility index (Phi) is 4.37. The van der Waals surface area contributed by atoms with E-state index in [1.807, 2.05) is 13.8 Å². The Morgan fingerprint density at radius 2 is 1.92 bits per heavy atom. The van der Waals surface area contributed by atoms with E-state index < -0.39 is 15.7 Å². The highest BCUT2D eigenvalue weighted by atomic mass is 32.2. The summed E-state index contributed by atoms with van der Waals surface area (Å²) < 4.78 is 29.1. The smallest absolute Gasteiger partial charge is 0.264 e. The highest BCUT2D eigenvalue weighted by Gasteiger charge is 2.21. The molecule has 0 aliphatic rings. The van der Waals surface area contributed by atoms with Gasteiger partial charge < -0.3 is 4.85 Å². The average Bonchev–Trinajstić information content (AvgIpc) is 1.97. The molecule has 0 saturated heterocycles. The molecule has 76 valence electrons. The maximum absolute atomic E-state index is 10.3. The van der Waals surface area contributed by atoms with Gasteiger partial charge in [0.2, 0.25) is 5.54 Å². The van der Waals surface area contributed by atoms with Gasteiger partial charge in [0.15, 0.2) is 0 Å². The molecule has 0 aliphatic heterocycles. The Morgan fingerprint density at radius 3 is 2.31 bits per heavy atom. The SMILES string of the molecule is [C-]#[N+]C(C)(C)CCCCS(=O)(=O)O. The van der Waals surface area contributed by atoms with E-state index in [-0.39, 0.29) is 5.75 Å². The van der Waals surface area contributed by atoms with Crippen LogP contribution in [0.4, 0.5) is 0 Å². The zero-order valence-electron chi connectivity index (χ0n) is 7.95. The monoisotopic (exact) mass is 205 g/mol. The van der Waals surface area contributed by atoms with Crippen LogP contribution in [0.2, 0.25) is 0 Å². The Labute approximate surface area is 79.5 Å². The predicted molar refractivity (Wildman–Crippen MR) is 50.9 cm³/mol. The molecule has 0 amide bonds. The van der Waals surface area contributed by atoms with Gasteiger partial charge in [-0.15, -0.1) is 0 Å². The number of rotatable bonds is 5. The molecule has 0 saturated carbocycles. The summed E-state index contributed by atoms with van der Waals surface area (Å²) in [5.41, 5.74) is -0.417. The largest absolute Gasteiger partial charge is 0.311 e. The fourth-order valence-corrected chi connectivity index (χ4v) is 1.47. The zero-order valence-corrected chi connectivity index (χ0v) is 8.76. The standard InChI is InChI=1S/C8H15NO3S/c1-8(2,9-3)6-4-5-7-13(10,11)12/h4-7H2,1-2H3,(H,10,11,12). The third-order valence-corrected chi connectivity index (χ3v) is 2.55. The molecule has 0 bridgehead atoms. The summed E-state index contributed by atoms with van der Waals surface area (Å²) in [6.07, 6.45) is 1.72. The predicted octanol–water partition coefficient (Wildman–Crippen LogP) is 1.74. The Hall–Kier alpha value is -0.600. The van der Waals surface area contributed by atoms with Gasteiger partial charge in [0, 0.05) is 20.3 Å². The minimum atomic E-state index is -3.83. The first kappa shape index (κ1) is 12.4. The second-order valence-electron chi connectivity index (χ2n) is 3.67. The lowest BCUT2D eigenvalue weighted by atomic mass is 9.99. The molecule has 0 aromatic heterocycles. The van der Waals surface area contributed by atoms with E-state index in [1.54, 1.807) is 0 Å². The third-order valence-electron chi connectivity index (χ3n) is 1.74. The van der Waals surface area contributed by atoms with E-state index in [0.29, 0.717) is 19.3 Å². The fraction of sp³-hybridized carbons (Fsp3) is 0.875. The minimum Gasteiger partial charge on any atom is -0.311 e. The van der Waals surface area contributed by atoms with Gasteiger partial charge in [-0.25, -0.2) is 6.57 Å². The van der Waals surface area contributed by atoms with Crippen molar-refractivity contribution >= 4 is 10.1 Å². The first-order chi connectivity index (χ1) is 5.77. The van der Waals surface area contributed by atoms with Crippen LogP contribution in [0.5, 0.6) is 0 Å². The Balaban J connectivity index is 3.66. The van der Waals surface area contributed by atoms with Crippen molar-refractivity contribution in [1.82, 2.24) is 0 Å². The summed E-state index contributed by atoms with van der Waals surface area (Å²) in [7, 11) is -3.83. The lowest BCUT2D eigenvalue weighted by Crippen LogP contribution is -2.14. The molecule has 0 spiro atoms. The first-order valence-electron chi connectivity index (χ1n) is 4.11. The van der Waals surface area contributed by atoms with Crippen molar-refractivity contribution in [2.24, 2.45) is 0 Å². The quantitative estimate of drug-likeness (QED) is 0.422. The molecule has 0 aromatic carbocycles. The highest BCUT2D eigenvalue weighted by molar-refractivity contribution is 7.85. The van der Waals surface area contributed by atoms with Gasteiger partial charge in [0.1, 0.15) is 0 Å². The van der Waals surface area contributed by atoms with Crippen molar-refractivity contribution < 1.29 is 13.0 Å². The highest BCUT2D eigenvalue weighted by Crippen LogP contribution is 2.17. The van der Waals surface area contributed by atoms with Gasteiger partial charge in [0.05, 0.1) is 5.75 Å². The number of unbranched alkanes of at least 4 members (excludes halogenated alkanes) is 1. The van der Waals surface area contributed by atoms with Crippen molar-refractivity contribution in [3.05, 3.63) is 11.4 Å². The van der Waals surface area contributed by atoms with Gasteiger partial charge in [-0.2, -0.15) is 8.42 Å². The van der Waals surface area contributed by atoms with E-state index in [1.165, 1.54) is 0 Å². The maximum atomic E-state index is 10.3. The van der Waals surface area contributed by atoms with Crippen molar-refractivity contribution in [3.63, 3.8) is 0 Å². The van der Waals surface area contributed by atoms with Crippen molar-refractivity contribution in [2.45, 2.75) is 38.6 Å². The molecule has 13 heavy (non-hydrogen) atoms. The van der Waals surface area contributed by atoms with Crippen LogP contribution in [0.25, 0.3) is 4.85 Å². The van der Waals surface area contributed by atoms with Crippen LogP contribution in [0.15, 0.2) is 0 Å². The summed E-state index contributed by atoms with van der Waals surface area (Å²) in [6, 6.07) is 0. The summed E-state index contributed by atoms with van der Waals surface area (Å²) in [5, 5.41) is 0. The summed E-state index contributed by atoms with van der Waals surface area (Å²) in [6.45, 7) is 10.4. The molecule has 5 heteroatoms. The molecule has 0 unspecified atom stereocenters. The molecular formula is C8H15NO3S. The molecule has 0 rings (SSSR count). The normalized spacial score (nSPS) is 12.5. The van der Waals surface area contributed by atoms with Crippen LogP contribution in [-0.2, 0) is 10.1 Å². The molecular weight excluding hydrogens is 190 g/mol. The Morgan fingerprint density at radius 1 is 1.38 bits per heavy atom. The molecule has 0 heterocycles. The van der Waals surface area contributed by atoms with Gasteiger partial charge >= 0.3 is 0 Å². The van der Waals surface area contributed by atoms with Crippen LogP contribution >= 0.6 is 0 Å². The van der Waals surface area contributed by atoms with E-state index in [2.05, 4.69) is 4.85 Å². The van der Waals surface area contributed by atoms with E-state index in [4.69, 9.17) is 11.1 Å². The topological polar surface area (TPSA) is 58.7 Å². The summed E-state index contributed by atoms with van der Waals surface area (Å²) in [5.74, 6) is -0.207. The maximum Gasteiger partial charge on any atom is 0.264 e. The van der Waals surface area contributed by atoms with Crippen molar-refractivity contribution in [2.75, 3.05) is 5.75 Å². The molecule has 0 fully saturated rings. The average molecular weight is 205 g/mol. The molecule has 0 atom stereocenters. The van der Waals surface area contributed by atoms with E-state index in [0.717, 1.165) is 0 Å². The summed E-state index contributed by atoms with van der Waals surface area (Å²) in [4.78, 5) is 3.39. The summed E-state index contributed by atoms with van der Waals surface area (Å²) >= 11 is 0. The van der Waals surface area contributed by atoms with Crippen LogP contribution in [0.1, 0.15) is 33.1 Å². The minimum absolute atomic E-state index is 0.207. The molecule has 0 aliphatic carbocycles. The first-order valence-corrected chi connectivity index (χ1v) is 5.71. The molecule has 0 radical (unpaired) electrons. The number of hydrogen-bond acceptors (Lipinski definition) is 2. The molecule has 1 N–H and O–H groups in total. The number of nitrogens with zero attached hydrogens (tertiary/aromatic N) is 1. The van der Waals surface area contributed by atoms with Crippen LogP contribution < -0.4 is 0 Å². The van der Waals surface area contributed by atoms with Gasteiger partial charge in [-0.3, -0.25) is 4.55 Å². The number of hydrogen-bond donors (Lipinski definition) is 1. The third kappa shape index (κ3) is 7.75. The van der Waals surface area contributed by atoms with E-state index >= 15 is 0 Å². The molecule has 4 nitrogen and oxygen atoms in total. The fourth-order valence-electron chi connectivity index (χ4n) is 0.898. The van der Waals surface area contributed by atoms with Gasteiger partial charge in [0.25, 0.3) is 10.1 Å². The van der Waals surface area contributed by atoms with E-state index in [9.17, 15) is 8.42 Å². The van der Waals surface area contributed by atoms with Crippen molar-refractivity contribution in [3.8, 4) is 0 Å². The Bertz CT molecular complexity index is 287.